The molecule has 0 saturated heterocycles. The summed E-state index contributed by atoms with van der Waals surface area (Å²) in [6.07, 6.45) is 6.99. The van der Waals surface area contributed by atoms with Crippen LogP contribution in [0.15, 0.2) is 42.9 Å². The number of H-pyrrole nitrogens is 1. The molecule has 15 heavy (non-hydrogen) atoms. The highest BCUT2D eigenvalue weighted by Crippen LogP contribution is 2.15. The molecule has 0 aliphatic carbocycles. The van der Waals surface area contributed by atoms with Crippen molar-refractivity contribution in [2.45, 2.75) is 0 Å². The lowest BCUT2D eigenvalue weighted by Gasteiger charge is -1.96. The van der Waals surface area contributed by atoms with Gasteiger partial charge in [-0.3, -0.25) is 4.98 Å². The van der Waals surface area contributed by atoms with E-state index in [-0.39, 0.29) is 0 Å². The molecular weight excluding hydrogens is 186 g/mol. The SMILES string of the molecule is N#CC(=Cc1ccc[nH]1)c1cccnc1. The fourth-order valence-electron chi connectivity index (χ4n) is 1.29. The van der Waals surface area contributed by atoms with Gasteiger partial charge < -0.3 is 4.98 Å². The fourth-order valence-corrected chi connectivity index (χ4v) is 1.29. The van der Waals surface area contributed by atoms with Crippen molar-refractivity contribution in [2.75, 3.05) is 0 Å². The fraction of sp³-hybridized carbons (Fsp3) is 0. The van der Waals surface area contributed by atoms with E-state index < -0.39 is 0 Å². The maximum atomic E-state index is 9.02. The van der Waals surface area contributed by atoms with E-state index >= 15 is 0 Å². The van der Waals surface area contributed by atoms with Crippen molar-refractivity contribution in [3.63, 3.8) is 0 Å². The molecule has 0 spiro atoms. The summed E-state index contributed by atoms with van der Waals surface area (Å²) >= 11 is 0. The lowest BCUT2D eigenvalue weighted by Crippen LogP contribution is -1.82. The topological polar surface area (TPSA) is 52.5 Å². The van der Waals surface area contributed by atoms with Crippen molar-refractivity contribution >= 4 is 11.6 Å². The Labute approximate surface area is 87.7 Å². The van der Waals surface area contributed by atoms with Gasteiger partial charge in [0.15, 0.2) is 0 Å². The van der Waals surface area contributed by atoms with Crippen LogP contribution in [0, 0.1) is 11.3 Å². The van der Waals surface area contributed by atoms with Gasteiger partial charge >= 0.3 is 0 Å². The molecular formula is C12H9N3. The molecule has 3 nitrogen and oxygen atoms in total. The number of pyridine rings is 1. The molecule has 0 saturated carbocycles. The molecule has 0 atom stereocenters. The number of aromatic amines is 1. The Morgan fingerprint density at radius 1 is 1.40 bits per heavy atom. The largest absolute Gasteiger partial charge is 0.362 e. The van der Waals surface area contributed by atoms with Crippen LogP contribution >= 0.6 is 0 Å². The highest BCUT2D eigenvalue weighted by atomic mass is 14.7. The molecule has 1 N–H and O–H groups in total. The molecule has 0 aliphatic heterocycles. The smallest absolute Gasteiger partial charge is 0.0999 e. The summed E-state index contributed by atoms with van der Waals surface area (Å²) in [7, 11) is 0. The Hall–Kier alpha value is -2.34. The maximum absolute atomic E-state index is 9.02. The lowest BCUT2D eigenvalue weighted by molar-refractivity contribution is 1.31. The molecule has 0 aromatic carbocycles. The third kappa shape index (κ3) is 2.12. The summed E-state index contributed by atoms with van der Waals surface area (Å²) in [4.78, 5) is 7.00. The number of hydrogen-bond donors (Lipinski definition) is 1. The van der Waals surface area contributed by atoms with E-state index in [2.05, 4.69) is 16.0 Å². The maximum Gasteiger partial charge on any atom is 0.0999 e. The Kier molecular flexibility index (Phi) is 2.61. The van der Waals surface area contributed by atoms with Gasteiger partial charge in [0.1, 0.15) is 0 Å². The van der Waals surface area contributed by atoms with Crippen molar-refractivity contribution in [2.24, 2.45) is 0 Å². The molecule has 0 amide bonds. The Bertz CT molecular complexity index is 489. The molecule has 72 valence electrons. The van der Waals surface area contributed by atoms with E-state index in [0.717, 1.165) is 11.3 Å². The van der Waals surface area contributed by atoms with Crippen LogP contribution in [0.3, 0.4) is 0 Å². The number of nitriles is 1. The minimum Gasteiger partial charge on any atom is -0.362 e. The van der Waals surface area contributed by atoms with Gasteiger partial charge in [-0.05, 0) is 24.3 Å². The molecule has 2 aromatic rings. The summed E-state index contributed by atoms with van der Waals surface area (Å²) in [5.41, 5.74) is 2.34. The number of aromatic nitrogens is 2. The highest BCUT2D eigenvalue weighted by molar-refractivity contribution is 5.88. The molecule has 3 heteroatoms. The summed E-state index contributed by atoms with van der Waals surface area (Å²) in [6, 6.07) is 9.64. The number of nitrogens with zero attached hydrogens (tertiary/aromatic N) is 2. The van der Waals surface area contributed by atoms with E-state index in [4.69, 9.17) is 5.26 Å². The standard InChI is InChI=1S/C12H9N3/c13-8-11(7-12-4-2-6-15-12)10-3-1-5-14-9-10/h1-7,9,15H. The Morgan fingerprint density at radius 2 is 2.33 bits per heavy atom. The van der Waals surface area contributed by atoms with Gasteiger partial charge in [-0.15, -0.1) is 0 Å². The van der Waals surface area contributed by atoms with Crippen LogP contribution in [-0.4, -0.2) is 9.97 Å². The predicted molar refractivity (Wildman–Crippen MR) is 58.5 cm³/mol. The Balaban J connectivity index is 2.38. The van der Waals surface area contributed by atoms with Crippen LogP contribution in [0.25, 0.3) is 11.6 Å². The lowest BCUT2D eigenvalue weighted by atomic mass is 10.1. The van der Waals surface area contributed by atoms with Crippen LogP contribution in [-0.2, 0) is 0 Å². The van der Waals surface area contributed by atoms with E-state index in [1.165, 1.54) is 0 Å². The van der Waals surface area contributed by atoms with Crippen molar-refractivity contribution in [1.29, 1.82) is 5.26 Å². The number of hydrogen-bond acceptors (Lipinski definition) is 2. The average molecular weight is 195 g/mol. The zero-order valence-corrected chi connectivity index (χ0v) is 8.01. The van der Waals surface area contributed by atoms with Crippen molar-refractivity contribution in [3.8, 4) is 6.07 Å². The molecule has 2 rings (SSSR count). The van der Waals surface area contributed by atoms with Crippen molar-refractivity contribution < 1.29 is 0 Å². The first-order valence-electron chi connectivity index (χ1n) is 4.56. The third-order valence-electron chi connectivity index (χ3n) is 2.01. The molecule has 0 bridgehead atoms. The minimum atomic E-state index is 0.602. The first kappa shape index (κ1) is 9.22. The zero-order valence-electron chi connectivity index (χ0n) is 8.01. The van der Waals surface area contributed by atoms with Crippen molar-refractivity contribution in [3.05, 3.63) is 54.1 Å². The monoisotopic (exact) mass is 195 g/mol. The summed E-state index contributed by atoms with van der Waals surface area (Å²) in [5.74, 6) is 0. The quantitative estimate of drug-likeness (QED) is 0.748. The molecule has 2 heterocycles. The number of rotatable bonds is 2. The van der Waals surface area contributed by atoms with Gasteiger partial charge in [-0.25, -0.2) is 0 Å². The van der Waals surface area contributed by atoms with Gasteiger partial charge in [0, 0.05) is 29.8 Å². The van der Waals surface area contributed by atoms with Crippen LogP contribution in [0.2, 0.25) is 0 Å². The third-order valence-corrected chi connectivity index (χ3v) is 2.01. The normalized spacial score (nSPS) is 11.0. The van der Waals surface area contributed by atoms with Crippen LogP contribution < -0.4 is 0 Å². The highest BCUT2D eigenvalue weighted by Gasteiger charge is 2.00. The molecule has 0 unspecified atom stereocenters. The summed E-state index contributed by atoms with van der Waals surface area (Å²) in [6.45, 7) is 0. The number of nitrogens with one attached hydrogen (secondary N) is 1. The second-order valence-corrected chi connectivity index (χ2v) is 3.04. The van der Waals surface area contributed by atoms with Crippen LogP contribution in [0.5, 0.6) is 0 Å². The Morgan fingerprint density at radius 3 is 2.93 bits per heavy atom. The van der Waals surface area contributed by atoms with Crippen molar-refractivity contribution in [1.82, 2.24) is 9.97 Å². The molecule has 0 radical (unpaired) electrons. The van der Waals surface area contributed by atoms with Crippen LogP contribution in [0.4, 0.5) is 0 Å². The van der Waals surface area contributed by atoms with Crippen LogP contribution in [0.1, 0.15) is 11.3 Å². The van der Waals surface area contributed by atoms with Gasteiger partial charge in [0.25, 0.3) is 0 Å². The average Bonchev–Trinajstić information content (AvgIpc) is 2.80. The first-order chi connectivity index (χ1) is 7.40. The molecule has 0 aliphatic rings. The van der Waals surface area contributed by atoms with E-state index in [1.54, 1.807) is 18.5 Å². The van der Waals surface area contributed by atoms with E-state index in [9.17, 15) is 0 Å². The zero-order chi connectivity index (χ0) is 10.5. The molecule has 0 fully saturated rings. The summed E-state index contributed by atoms with van der Waals surface area (Å²) in [5, 5.41) is 9.02. The van der Waals surface area contributed by atoms with Gasteiger partial charge in [-0.2, -0.15) is 5.26 Å². The second kappa shape index (κ2) is 4.25. The minimum absolute atomic E-state index is 0.602. The van der Waals surface area contributed by atoms with E-state index in [1.807, 2.05) is 30.5 Å². The van der Waals surface area contributed by atoms with Gasteiger partial charge in [-0.1, -0.05) is 6.07 Å². The molecule has 2 aromatic heterocycles. The van der Waals surface area contributed by atoms with Gasteiger partial charge in [0.05, 0.1) is 11.6 Å². The van der Waals surface area contributed by atoms with Gasteiger partial charge in [0.2, 0.25) is 0 Å². The second-order valence-electron chi connectivity index (χ2n) is 3.04. The van der Waals surface area contributed by atoms with E-state index in [0.29, 0.717) is 5.57 Å². The first-order valence-corrected chi connectivity index (χ1v) is 4.56. The number of allylic oxidation sites excluding steroid dienone is 1. The predicted octanol–water partition coefficient (Wildman–Crippen LogP) is 2.47. The summed E-state index contributed by atoms with van der Waals surface area (Å²) < 4.78 is 0.